The molecule has 104 valence electrons. The van der Waals surface area contributed by atoms with Gasteiger partial charge in [0.05, 0.1) is 16.8 Å². The maximum absolute atomic E-state index is 5.98. The smallest absolute Gasteiger partial charge is 0.136 e. The molecule has 2 heterocycles. The predicted octanol–water partition coefficient (Wildman–Crippen LogP) is 4.01. The van der Waals surface area contributed by atoms with Gasteiger partial charge in [-0.2, -0.15) is 0 Å². The molecule has 0 aliphatic rings. The monoisotopic (exact) mass is 342 g/mol. The number of nitrogens with zero attached hydrogens (tertiary/aromatic N) is 1. The van der Waals surface area contributed by atoms with Crippen molar-refractivity contribution in [3.05, 3.63) is 45.0 Å². The molecular weight excluding hydrogens is 324 g/mol. The average Bonchev–Trinajstić information content (AvgIpc) is 3.01. The highest BCUT2D eigenvalue weighted by Crippen LogP contribution is 2.31. The first-order valence-electron chi connectivity index (χ1n) is 6.34. The number of thiophene rings is 1. The Bertz CT molecular complexity index is 495. The van der Waals surface area contributed by atoms with Gasteiger partial charge in [0.1, 0.15) is 5.76 Å². The first-order chi connectivity index (χ1) is 9.13. The van der Waals surface area contributed by atoms with Gasteiger partial charge >= 0.3 is 0 Å². The van der Waals surface area contributed by atoms with Crippen LogP contribution in [-0.2, 0) is 6.54 Å². The van der Waals surface area contributed by atoms with Gasteiger partial charge in [-0.25, -0.2) is 0 Å². The van der Waals surface area contributed by atoms with Crippen molar-refractivity contribution in [2.75, 3.05) is 6.54 Å². The fourth-order valence-corrected chi connectivity index (χ4v) is 3.35. The standard InChI is InChI=1S/C14H19BrN2OS/c1-10(2)17(9-11-4-3-7-19-11)13(8-16)14-12(15)5-6-18-14/h3-7,10,13H,8-9,16H2,1-2H3. The number of hydrogen-bond acceptors (Lipinski definition) is 4. The predicted molar refractivity (Wildman–Crippen MR) is 83.2 cm³/mol. The van der Waals surface area contributed by atoms with Crippen molar-refractivity contribution in [1.82, 2.24) is 4.90 Å². The van der Waals surface area contributed by atoms with E-state index in [-0.39, 0.29) is 6.04 Å². The minimum atomic E-state index is 0.0893. The van der Waals surface area contributed by atoms with Crippen LogP contribution in [0.25, 0.3) is 0 Å². The van der Waals surface area contributed by atoms with E-state index < -0.39 is 0 Å². The Morgan fingerprint density at radius 2 is 2.21 bits per heavy atom. The molecule has 0 aliphatic heterocycles. The third kappa shape index (κ3) is 3.48. The lowest BCUT2D eigenvalue weighted by molar-refractivity contribution is 0.131. The van der Waals surface area contributed by atoms with Crippen molar-refractivity contribution in [3.63, 3.8) is 0 Å². The molecule has 2 aromatic heterocycles. The highest BCUT2D eigenvalue weighted by Gasteiger charge is 2.26. The van der Waals surface area contributed by atoms with E-state index in [4.69, 9.17) is 10.2 Å². The van der Waals surface area contributed by atoms with Crippen LogP contribution in [0.3, 0.4) is 0 Å². The molecule has 0 bridgehead atoms. The molecule has 5 heteroatoms. The molecule has 1 atom stereocenters. The molecule has 1 unspecified atom stereocenters. The van der Waals surface area contributed by atoms with E-state index in [1.165, 1.54) is 4.88 Å². The number of halogens is 1. The molecular formula is C14H19BrN2OS. The lowest BCUT2D eigenvalue weighted by Gasteiger charge is -2.33. The summed E-state index contributed by atoms with van der Waals surface area (Å²) in [5.41, 5.74) is 5.98. The quantitative estimate of drug-likeness (QED) is 0.862. The highest BCUT2D eigenvalue weighted by atomic mass is 79.9. The van der Waals surface area contributed by atoms with E-state index in [2.05, 4.69) is 52.2 Å². The third-order valence-electron chi connectivity index (χ3n) is 3.15. The summed E-state index contributed by atoms with van der Waals surface area (Å²) in [7, 11) is 0. The van der Waals surface area contributed by atoms with Crippen LogP contribution in [0.1, 0.15) is 30.5 Å². The van der Waals surface area contributed by atoms with Crippen molar-refractivity contribution >= 4 is 27.3 Å². The lowest BCUT2D eigenvalue weighted by atomic mass is 10.1. The van der Waals surface area contributed by atoms with Crippen LogP contribution in [0.15, 0.2) is 38.7 Å². The summed E-state index contributed by atoms with van der Waals surface area (Å²) < 4.78 is 6.59. The first-order valence-corrected chi connectivity index (χ1v) is 8.01. The van der Waals surface area contributed by atoms with Gasteiger partial charge in [-0.3, -0.25) is 4.90 Å². The highest BCUT2D eigenvalue weighted by molar-refractivity contribution is 9.10. The second kappa shape index (κ2) is 6.70. The van der Waals surface area contributed by atoms with E-state index in [1.54, 1.807) is 17.6 Å². The Balaban J connectivity index is 2.23. The van der Waals surface area contributed by atoms with Crippen molar-refractivity contribution in [2.45, 2.75) is 32.5 Å². The van der Waals surface area contributed by atoms with Gasteiger partial charge in [-0.15, -0.1) is 11.3 Å². The summed E-state index contributed by atoms with van der Waals surface area (Å²) in [6.07, 6.45) is 1.70. The van der Waals surface area contributed by atoms with Gasteiger partial charge in [0, 0.05) is 24.0 Å². The summed E-state index contributed by atoms with van der Waals surface area (Å²) in [4.78, 5) is 3.71. The maximum Gasteiger partial charge on any atom is 0.136 e. The molecule has 0 amide bonds. The largest absolute Gasteiger partial charge is 0.466 e. The van der Waals surface area contributed by atoms with Crippen LogP contribution < -0.4 is 5.73 Å². The van der Waals surface area contributed by atoms with Gasteiger partial charge < -0.3 is 10.2 Å². The van der Waals surface area contributed by atoms with Gasteiger partial charge in [0.2, 0.25) is 0 Å². The minimum Gasteiger partial charge on any atom is -0.466 e. The van der Waals surface area contributed by atoms with E-state index in [0.29, 0.717) is 12.6 Å². The summed E-state index contributed by atoms with van der Waals surface area (Å²) in [5.74, 6) is 0.910. The number of hydrogen-bond donors (Lipinski definition) is 1. The fourth-order valence-electron chi connectivity index (χ4n) is 2.17. The molecule has 0 aromatic carbocycles. The molecule has 0 spiro atoms. The van der Waals surface area contributed by atoms with E-state index >= 15 is 0 Å². The summed E-state index contributed by atoms with van der Waals surface area (Å²) >= 11 is 5.30. The maximum atomic E-state index is 5.98. The van der Waals surface area contributed by atoms with Gasteiger partial charge in [-0.05, 0) is 47.3 Å². The third-order valence-corrected chi connectivity index (χ3v) is 4.67. The Morgan fingerprint density at radius 3 is 2.68 bits per heavy atom. The summed E-state index contributed by atoms with van der Waals surface area (Å²) in [5, 5.41) is 2.11. The minimum absolute atomic E-state index is 0.0893. The normalized spacial score (nSPS) is 13.4. The molecule has 0 fully saturated rings. The lowest BCUT2D eigenvalue weighted by Crippen LogP contribution is -2.38. The van der Waals surface area contributed by atoms with Crippen LogP contribution in [0, 0.1) is 0 Å². The Morgan fingerprint density at radius 1 is 1.42 bits per heavy atom. The van der Waals surface area contributed by atoms with Crippen LogP contribution in [0.4, 0.5) is 0 Å². The zero-order valence-electron chi connectivity index (χ0n) is 11.2. The second-order valence-electron chi connectivity index (χ2n) is 4.73. The van der Waals surface area contributed by atoms with Crippen molar-refractivity contribution in [2.24, 2.45) is 5.73 Å². The van der Waals surface area contributed by atoms with Gasteiger partial charge in [0.15, 0.2) is 0 Å². The summed E-state index contributed by atoms with van der Waals surface area (Å²) in [6, 6.07) is 6.64. The molecule has 0 radical (unpaired) electrons. The molecule has 0 aliphatic carbocycles. The zero-order chi connectivity index (χ0) is 13.8. The SMILES string of the molecule is CC(C)N(Cc1cccs1)C(CN)c1occc1Br. The fraction of sp³-hybridized carbons (Fsp3) is 0.429. The second-order valence-corrected chi connectivity index (χ2v) is 6.62. The Hall–Kier alpha value is -0.620. The Labute approximate surface area is 126 Å². The van der Waals surface area contributed by atoms with Crippen LogP contribution >= 0.6 is 27.3 Å². The van der Waals surface area contributed by atoms with E-state index in [1.807, 2.05) is 6.07 Å². The zero-order valence-corrected chi connectivity index (χ0v) is 13.6. The van der Waals surface area contributed by atoms with Crippen LogP contribution in [-0.4, -0.2) is 17.5 Å². The number of nitrogens with two attached hydrogens (primary N) is 1. The number of rotatable bonds is 6. The number of furan rings is 1. The molecule has 2 rings (SSSR count). The van der Waals surface area contributed by atoms with Crippen LogP contribution in [0.2, 0.25) is 0 Å². The van der Waals surface area contributed by atoms with E-state index in [0.717, 1.165) is 16.8 Å². The molecule has 19 heavy (non-hydrogen) atoms. The average molecular weight is 343 g/mol. The molecule has 2 N–H and O–H groups in total. The van der Waals surface area contributed by atoms with Crippen molar-refractivity contribution in [3.8, 4) is 0 Å². The summed E-state index contributed by atoms with van der Waals surface area (Å²) in [6.45, 7) is 5.81. The first kappa shape index (κ1) is 14.8. The van der Waals surface area contributed by atoms with Crippen molar-refractivity contribution in [1.29, 1.82) is 0 Å². The van der Waals surface area contributed by atoms with Gasteiger partial charge in [-0.1, -0.05) is 6.07 Å². The van der Waals surface area contributed by atoms with Crippen LogP contribution in [0.5, 0.6) is 0 Å². The van der Waals surface area contributed by atoms with Gasteiger partial charge in [0.25, 0.3) is 0 Å². The molecule has 2 aromatic rings. The molecule has 0 saturated heterocycles. The van der Waals surface area contributed by atoms with Crippen molar-refractivity contribution < 1.29 is 4.42 Å². The topological polar surface area (TPSA) is 42.4 Å². The molecule has 3 nitrogen and oxygen atoms in total. The Kier molecular flexibility index (Phi) is 5.21. The molecule has 0 saturated carbocycles. The van der Waals surface area contributed by atoms with E-state index in [9.17, 15) is 0 Å².